The molecule has 0 atom stereocenters. The minimum atomic E-state index is -0.205. The number of hydrogen-bond acceptors (Lipinski definition) is 2. The summed E-state index contributed by atoms with van der Waals surface area (Å²) in [6, 6.07) is 19.6. The van der Waals surface area contributed by atoms with Crippen LogP contribution in [0, 0.1) is 0 Å². The largest absolute Gasteiger partial charge is 0.497 e. The number of aromatic amines is 1. The van der Waals surface area contributed by atoms with Crippen LogP contribution in [0.4, 0.5) is 10.5 Å². The Morgan fingerprint density at radius 1 is 1.04 bits per heavy atom. The molecule has 1 heterocycles. The van der Waals surface area contributed by atoms with Gasteiger partial charge in [-0.2, -0.15) is 0 Å². The summed E-state index contributed by atoms with van der Waals surface area (Å²) in [7, 11) is 1.66. The molecule has 4 aromatic rings. The van der Waals surface area contributed by atoms with E-state index >= 15 is 0 Å². The van der Waals surface area contributed by atoms with Gasteiger partial charge in [0.15, 0.2) is 0 Å². The molecule has 27 heavy (non-hydrogen) atoms. The lowest BCUT2D eigenvalue weighted by atomic mass is 10.1. The van der Waals surface area contributed by atoms with Crippen molar-refractivity contribution >= 4 is 33.4 Å². The number of ether oxygens (including phenoxy) is 1. The van der Waals surface area contributed by atoms with Crippen LogP contribution in [-0.2, 0) is 6.42 Å². The molecule has 0 spiro atoms. The van der Waals surface area contributed by atoms with Crippen molar-refractivity contribution in [2.75, 3.05) is 19.0 Å². The summed E-state index contributed by atoms with van der Waals surface area (Å²) in [5.41, 5.74) is 3.02. The predicted octanol–water partition coefficient (Wildman–Crippen LogP) is 4.69. The van der Waals surface area contributed by atoms with Gasteiger partial charge in [0.25, 0.3) is 0 Å². The molecule has 0 saturated heterocycles. The molecule has 0 aliphatic rings. The fraction of sp³-hybridized carbons (Fsp3) is 0.136. The third-order valence-electron chi connectivity index (χ3n) is 4.69. The third kappa shape index (κ3) is 3.58. The van der Waals surface area contributed by atoms with E-state index in [9.17, 15) is 4.79 Å². The molecular formula is C22H21N3O2. The molecule has 0 radical (unpaired) electrons. The monoisotopic (exact) mass is 359 g/mol. The Labute approximate surface area is 157 Å². The van der Waals surface area contributed by atoms with Crippen LogP contribution in [0.5, 0.6) is 5.75 Å². The van der Waals surface area contributed by atoms with Crippen molar-refractivity contribution in [3.8, 4) is 5.75 Å². The number of methoxy groups -OCH3 is 1. The molecular weight excluding hydrogens is 338 g/mol. The second-order valence-electron chi connectivity index (χ2n) is 6.38. The smallest absolute Gasteiger partial charge is 0.319 e. The van der Waals surface area contributed by atoms with Crippen molar-refractivity contribution in [1.29, 1.82) is 0 Å². The number of urea groups is 1. The van der Waals surface area contributed by atoms with Crippen molar-refractivity contribution in [2.45, 2.75) is 6.42 Å². The van der Waals surface area contributed by atoms with E-state index in [-0.39, 0.29) is 6.03 Å². The van der Waals surface area contributed by atoms with Gasteiger partial charge in [-0.25, -0.2) is 4.79 Å². The van der Waals surface area contributed by atoms with Crippen LogP contribution < -0.4 is 15.4 Å². The number of anilines is 1. The average Bonchev–Trinajstić information content (AvgIpc) is 3.10. The number of rotatable bonds is 5. The molecule has 2 amide bonds. The summed E-state index contributed by atoms with van der Waals surface area (Å²) < 4.78 is 5.30. The van der Waals surface area contributed by atoms with Gasteiger partial charge >= 0.3 is 6.03 Å². The number of carbonyl (C=O) groups excluding carboxylic acids is 1. The fourth-order valence-electron chi connectivity index (χ4n) is 3.30. The molecule has 1 aromatic heterocycles. The second-order valence-corrected chi connectivity index (χ2v) is 6.38. The fourth-order valence-corrected chi connectivity index (χ4v) is 3.30. The Hall–Kier alpha value is -3.47. The molecule has 3 N–H and O–H groups in total. The molecule has 136 valence electrons. The average molecular weight is 359 g/mol. The van der Waals surface area contributed by atoms with E-state index in [2.05, 4.69) is 15.6 Å². The first-order chi connectivity index (χ1) is 13.2. The molecule has 0 saturated carbocycles. The molecule has 5 nitrogen and oxygen atoms in total. The number of carbonyl (C=O) groups is 1. The highest BCUT2D eigenvalue weighted by Crippen LogP contribution is 2.24. The molecule has 0 unspecified atom stereocenters. The van der Waals surface area contributed by atoms with Crippen molar-refractivity contribution in [3.63, 3.8) is 0 Å². The zero-order chi connectivity index (χ0) is 18.6. The van der Waals surface area contributed by atoms with Gasteiger partial charge in [0.1, 0.15) is 5.75 Å². The molecule has 3 aromatic carbocycles. The Balaban J connectivity index is 1.40. The minimum Gasteiger partial charge on any atom is -0.497 e. The Morgan fingerprint density at radius 3 is 2.78 bits per heavy atom. The van der Waals surface area contributed by atoms with Crippen LogP contribution in [0.15, 0.2) is 66.9 Å². The van der Waals surface area contributed by atoms with Crippen molar-refractivity contribution in [2.24, 2.45) is 0 Å². The summed E-state index contributed by atoms with van der Waals surface area (Å²) in [4.78, 5) is 15.6. The molecule has 0 bridgehead atoms. The SMILES string of the molecule is COc1ccc2[nH]cc(CCNC(=O)Nc3cccc4ccccc34)c2c1. The quantitative estimate of drug-likeness (QED) is 0.484. The first-order valence-electron chi connectivity index (χ1n) is 8.91. The summed E-state index contributed by atoms with van der Waals surface area (Å²) in [6.07, 6.45) is 2.71. The number of amides is 2. The van der Waals surface area contributed by atoms with Crippen LogP contribution >= 0.6 is 0 Å². The molecule has 0 aliphatic carbocycles. The highest BCUT2D eigenvalue weighted by Gasteiger charge is 2.08. The van der Waals surface area contributed by atoms with Crippen LogP contribution in [0.2, 0.25) is 0 Å². The second kappa shape index (κ2) is 7.41. The first kappa shape index (κ1) is 17.0. The van der Waals surface area contributed by atoms with Gasteiger partial charge < -0.3 is 20.4 Å². The summed E-state index contributed by atoms with van der Waals surface area (Å²) in [6.45, 7) is 0.542. The minimum absolute atomic E-state index is 0.205. The number of H-pyrrole nitrogens is 1. The van der Waals surface area contributed by atoms with E-state index in [0.29, 0.717) is 6.54 Å². The zero-order valence-electron chi connectivity index (χ0n) is 15.1. The standard InChI is InChI=1S/C22H21N3O2/c1-27-17-9-10-20-19(13-17)16(14-24-20)11-12-23-22(26)25-21-8-4-6-15-5-2-3-7-18(15)21/h2-10,13-14,24H,11-12H2,1H3,(H2,23,25,26). The Kier molecular flexibility index (Phi) is 4.66. The van der Waals surface area contributed by atoms with E-state index in [1.54, 1.807) is 7.11 Å². The summed E-state index contributed by atoms with van der Waals surface area (Å²) >= 11 is 0. The summed E-state index contributed by atoms with van der Waals surface area (Å²) in [5, 5.41) is 9.12. The van der Waals surface area contributed by atoms with E-state index < -0.39 is 0 Å². The lowest BCUT2D eigenvalue weighted by Gasteiger charge is -2.10. The van der Waals surface area contributed by atoms with Crippen LogP contribution in [0.3, 0.4) is 0 Å². The maximum Gasteiger partial charge on any atom is 0.319 e. The van der Waals surface area contributed by atoms with Crippen LogP contribution in [0.1, 0.15) is 5.56 Å². The number of benzene rings is 3. The highest BCUT2D eigenvalue weighted by molar-refractivity contribution is 6.01. The highest BCUT2D eigenvalue weighted by atomic mass is 16.5. The van der Waals surface area contributed by atoms with E-state index in [1.807, 2.05) is 66.9 Å². The number of nitrogens with one attached hydrogen (secondary N) is 3. The van der Waals surface area contributed by atoms with Gasteiger partial charge in [-0.1, -0.05) is 36.4 Å². The van der Waals surface area contributed by atoms with Crippen molar-refractivity contribution in [1.82, 2.24) is 10.3 Å². The first-order valence-corrected chi connectivity index (χ1v) is 8.91. The van der Waals surface area contributed by atoms with Gasteiger partial charge in [-0.15, -0.1) is 0 Å². The predicted molar refractivity (Wildman–Crippen MR) is 110 cm³/mol. The third-order valence-corrected chi connectivity index (χ3v) is 4.69. The topological polar surface area (TPSA) is 66.1 Å². The van der Waals surface area contributed by atoms with Gasteiger partial charge in [0, 0.05) is 29.0 Å². The lowest BCUT2D eigenvalue weighted by molar-refractivity contribution is 0.252. The van der Waals surface area contributed by atoms with Crippen LogP contribution in [0.25, 0.3) is 21.7 Å². The number of hydrogen-bond donors (Lipinski definition) is 3. The summed E-state index contributed by atoms with van der Waals surface area (Å²) in [5.74, 6) is 0.824. The van der Waals surface area contributed by atoms with Gasteiger partial charge in [-0.05, 0) is 41.6 Å². The maximum absolute atomic E-state index is 12.3. The zero-order valence-corrected chi connectivity index (χ0v) is 15.1. The van der Waals surface area contributed by atoms with Crippen molar-refractivity contribution in [3.05, 3.63) is 72.4 Å². The molecule has 4 rings (SSSR count). The normalized spacial score (nSPS) is 10.9. The lowest BCUT2D eigenvalue weighted by Crippen LogP contribution is -2.30. The van der Waals surface area contributed by atoms with E-state index in [0.717, 1.165) is 45.1 Å². The van der Waals surface area contributed by atoms with E-state index in [1.165, 1.54) is 0 Å². The van der Waals surface area contributed by atoms with Gasteiger partial charge in [0.05, 0.1) is 12.8 Å². The number of fused-ring (bicyclic) bond motifs is 2. The molecule has 0 fully saturated rings. The van der Waals surface area contributed by atoms with Gasteiger partial charge in [-0.3, -0.25) is 0 Å². The van der Waals surface area contributed by atoms with E-state index in [4.69, 9.17) is 4.74 Å². The maximum atomic E-state index is 12.3. The molecule has 0 aliphatic heterocycles. The number of aromatic nitrogens is 1. The van der Waals surface area contributed by atoms with Crippen molar-refractivity contribution < 1.29 is 9.53 Å². The Morgan fingerprint density at radius 2 is 1.89 bits per heavy atom. The van der Waals surface area contributed by atoms with Gasteiger partial charge in [0.2, 0.25) is 0 Å². The van der Waals surface area contributed by atoms with Crippen LogP contribution in [-0.4, -0.2) is 24.7 Å². The Bertz CT molecular complexity index is 1100. The molecule has 5 heteroatoms.